The molecule has 1 amide bonds. The lowest BCUT2D eigenvalue weighted by molar-refractivity contribution is 0.0529. The molecule has 2 aromatic carbocycles. The molecular weight excluding hydrogens is 454 g/mol. The highest BCUT2D eigenvalue weighted by Gasteiger charge is 2.23. The lowest BCUT2D eigenvalue weighted by Gasteiger charge is -2.10. The fourth-order valence-electron chi connectivity index (χ4n) is 3.44. The van der Waals surface area contributed by atoms with Crippen molar-refractivity contribution < 1.29 is 19.1 Å². The standard InChI is InChI=1S/C24H23N5O4S/c1-4-29-21(26-27-28-29)16-7-6-8-17(13-16)22(30)25-23-20(24(31)33-5-2)19(14-34-23)15-9-11-18(32-3)12-10-15/h6-14H,4-5H2,1-3H3,(H,25,30). The molecule has 2 heterocycles. The van der Waals surface area contributed by atoms with Crippen LogP contribution in [0, 0.1) is 0 Å². The molecule has 0 aliphatic heterocycles. The third kappa shape index (κ3) is 4.67. The molecule has 0 fully saturated rings. The quantitative estimate of drug-likeness (QED) is 0.372. The molecule has 10 heteroatoms. The number of aromatic nitrogens is 4. The number of hydrogen-bond donors (Lipinski definition) is 1. The summed E-state index contributed by atoms with van der Waals surface area (Å²) in [4.78, 5) is 25.9. The van der Waals surface area contributed by atoms with Crippen LogP contribution in [-0.2, 0) is 11.3 Å². The van der Waals surface area contributed by atoms with E-state index in [2.05, 4.69) is 20.8 Å². The van der Waals surface area contributed by atoms with Crippen molar-refractivity contribution in [3.63, 3.8) is 0 Å². The van der Waals surface area contributed by atoms with Crippen LogP contribution in [0.2, 0.25) is 0 Å². The molecule has 0 radical (unpaired) electrons. The summed E-state index contributed by atoms with van der Waals surface area (Å²) < 4.78 is 12.2. The van der Waals surface area contributed by atoms with Gasteiger partial charge < -0.3 is 14.8 Å². The van der Waals surface area contributed by atoms with Crippen LogP contribution in [0.3, 0.4) is 0 Å². The molecule has 2 aromatic heterocycles. The maximum Gasteiger partial charge on any atom is 0.341 e. The van der Waals surface area contributed by atoms with Gasteiger partial charge >= 0.3 is 5.97 Å². The first kappa shape index (κ1) is 23.1. The molecule has 0 aliphatic rings. The fourth-order valence-corrected chi connectivity index (χ4v) is 4.39. The topological polar surface area (TPSA) is 108 Å². The normalized spacial score (nSPS) is 10.7. The number of carbonyl (C=O) groups is 2. The number of thiophene rings is 1. The van der Waals surface area contributed by atoms with Crippen molar-refractivity contribution in [1.29, 1.82) is 0 Å². The third-order valence-corrected chi connectivity index (χ3v) is 6.01. The number of amides is 1. The molecule has 0 unspecified atom stereocenters. The molecule has 9 nitrogen and oxygen atoms in total. The Morgan fingerprint density at radius 3 is 2.59 bits per heavy atom. The van der Waals surface area contributed by atoms with Gasteiger partial charge in [-0.15, -0.1) is 16.4 Å². The SMILES string of the molecule is CCOC(=O)c1c(-c2ccc(OC)cc2)csc1NC(=O)c1cccc(-c2nnnn2CC)c1. The number of methoxy groups -OCH3 is 1. The second-order valence-electron chi connectivity index (χ2n) is 7.16. The fraction of sp³-hybridized carbons (Fsp3) is 0.208. The minimum atomic E-state index is -0.499. The minimum absolute atomic E-state index is 0.221. The van der Waals surface area contributed by atoms with E-state index in [1.165, 1.54) is 11.3 Å². The molecule has 0 saturated carbocycles. The summed E-state index contributed by atoms with van der Waals surface area (Å²) in [6.07, 6.45) is 0. The molecule has 0 aliphatic carbocycles. The molecule has 34 heavy (non-hydrogen) atoms. The number of carbonyl (C=O) groups excluding carboxylic acids is 2. The predicted molar refractivity (Wildman–Crippen MR) is 129 cm³/mol. The van der Waals surface area contributed by atoms with Crippen molar-refractivity contribution in [3.8, 4) is 28.3 Å². The Morgan fingerprint density at radius 2 is 1.88 bits per heavy atom. The summed E-state index contributed by atoms with van der Waals surface area (Å²) in [5.74, 6) is 0.424. The van der Waals surface area contributed by atoms with E-state index in [-0.39, 0.29) is 12.5 Å². The summed E-state index contributed by atoms with van der Waals surface area (Å²) >= 11 is 1.27. The molecule has 4 rings (SSSR count). The Kier molecular flexibility index (Phi) is 6.98. The van der Waals surface area contributed by atoms with Crippen LogP contribution in [0.1, 0.15) is 34.6 Å². The zero-order chi connectivity index (χ0) is 24.1. The number of aryl methyl sites for hydroxylation is 1. The first-order valence-electron chi connectivity index (χ1n) is 10.7. The van der Waals surface area contributed by atoms with Gasteiger partial charge in [-0.2, -0.15) is 0 Å². The number of benzene rings is 2. The molecule has 0 bridgehead atoms. The lowest BCUT2D eigenvalue weighted by atomic mass is 10.0. The molecule has 174 valence electrons. The van der Waals surface area contributed by atoms with E-state index in [1.807, 2.05) is 42.6 Å². The van der Waals surface area contributed by atoms with E-state index in [4.69, 9.17) is 9.47 Å². The van der Waals surface area contributed by atoms with Gasteiger partial charge in [0.1, 0.15) is 16.3 Å². The van der Waals surface area contributed by atoms with Gasteiger partial charge in [0.05, 0.1) is 13.7 Å². The number of ether oxygens (including phenoxy) is 2. The molecule has 0 atom stereocenters. The maximum absolute atomic E-state index is 13.1. The first-order chi connectivity index (χ1) is 16.5. The number of hydrogen-bond acceptors (Lipinski definition) is 8. The average Bonchev–Trinajstić information content (AvgIpc) is 3.51. The van der Waals surface area contributed by atoms with Crippen LogP contribution in [-0.4, -0.2) is 45.8 Å². The number of anilines is 1. The van der Waals surface area contributed by atoms with E-state index in [0.29, 0.717) is 39.8 Å². The van der Waals surface area contributed by atoms with Crippen molar-refractivity contribution in [3.05, 3.63) is 65.0 Å². The first-order valence-corrected chi connectivity index (χ1v) is 11.5. The van der Waals surface area contributed by atoms with Crippen LogP contribution >= 0.6 is 11.3 Å². The third-order valence-electron chi connectivity index (χ3n) is 5.11. The van der Waals surface area contributed by atoms with Crippen LogP contribution in [0.25, 0.3) is 22.5 Å². The van der Waals surface area contributed by atoms with E-state index in [9.17, 15) is 9.59 Å². The van der Waals surface area contributed by atoms with Crippen molar-refractivity contribution in [2.75, 3.05) is 19.0 Å². The Labute approximate surface area is 200 Å². The van der Waals surface area contributed by atoms with Gasteiger partial charge in [0.15, 0.2) is 5.82 Å². The Morgan fingerprint density at radius 1 is 1.09 bits per heavy atom. The zero-order valence-electron chi connectivity index (χ0n) is 18.9. The van der Waals surface area contributed by atoms with E-state index < -0.39 is 5.97 Å². The number of nitrogens with one attached hydrogen (secondary N) is 1. The summed E-state index contributed by atoms with van der Waals surface area (Å²) in [6, 6.07) is 14.4. The summed E-state index contributed by atoms with van der Waals surface area (Å²) in [5, 5.41) is 16.8. The molecule has 0 spiro atoms. The second kappa shape index (κ2) is 10.3. The summed E-state index contributed by atoms with van der Waals surface area (Å²) in [6.45, 7) is 4.50. The van der Waals surface area contributed by atoms with Crippen LogP contribution < -0.4 is 10.1 Å². The van der Waals surface area contributed by atoms with E-state index >= 15 is 0 Å². The van der Waals surface area contributed by atoms with Gasteiger partial charge in [0, 0.05) is 28.6 Å². The molecule has 1 N–H and O–H groups in total. The van der Waals surface area contributed by atoms with Crippen LogP contribution in [0.15, 0.2) is 53.9 Å². The highest BCUT2D eigenvalue weighted by molar-refractivity contribution is 7.15. The molecule has 0 saturated heterocycles. The predicted octanol–water partition coefficient (Wildman–Crippen LogP) is 4.53. The van der Waals surface area contributed by atoms with Gasteiger partial charge in [-0.1, -0.05) is 24.3 Å². The Hall–Kier alpha value is -4.05. The average molecular weight is 478 g/mol. The molecular formula is C24H23N5O4S. The maximum atomic E-state index is 13.1. The van der Waals surface area contributed by atoms with Crippen LogP contribution in [0.4, 0.5) is 5.00 Å². The second-order valence-corrected chi connectivity index (χ2v) is 8.04. The number of rotatable bonds is 8. The van der Waals surface area contributed by atoms with Gasteiger partial charge in [0.2, 0.25) is 0 Å². The Bertz CT molecular complexity index is 1310. The summed E-state index contributed by atoms with van der Waals surface area (Å²) in [5.41, 5.74) is 2.94. The van der Waals surface area contributed by atoms with Crippen molar-refractivity contribution in [2.45, 2.75) is 20.4 Å². The van der Waals surface area contributed by atoms with Crippen LogP contribution in [0.5, 0.6) is 5.75 Å². The van der Waals surface area contributed by atoms with Crippen molar-refractivity contribution in [2.24, 2.45) is 0 Å². The van der Waals surface area contributed by atoms with Gasteiger partial charge in [-0.3, -0.25) is 4.79 Å². The lowest BCUT2D eigenvalue weighted by Crippen LogP contribution is -2.15. The van der Waals surface area contributed by atoms with Gasteiger partial charge in [-0.05, 0) is 54.1 Å². The highest BCUT2D eigenvalue weighted by atomic mass is 32.1. The largest absolute Gasteiger partial charge is 0.497 e. The number of nitrogens with zero attached hydrogens (tertiary/aromatic N) is 4. The monoisotopic (exact) mass is 477 g/mol. The van der Waals surface area contributed by atoms with Crippen molar-refractivity contribution >= 4 is 28.2 Å². The zero-order valence-corrected chi connectivity index (χ0v) is 19.8. The molecule has 4 aromatic rings. The van der Waals surface area contributed by atoms with Gasteiger partial charge in [-0.25, -0.2) is 9.48 Å². The smallest absolute Gasteiger partial charge is 0.341 e. The number of tetrazole rings is 1. The highest BCUT2D eigenvalue weighted by Crippen LogP contribution is 2.37. The number of esters is 1. The Balaban J connectivity index is 1.66. The van der Waals surface area contributed by atoms with Crippen molar-refractivity contribution in [1.82, 2.24) is 20.2 Å². The van der Waals surface area contributed by atoms with E-state index in [0.717, 1.165) is 11.1 Å². The minimum Gasteiger partial charge on any atom is -0.497 e. The summed E-state index contributed by atoms with van der Waals surface area (Å²) in [7, 11) is 1.59. The van der Waals surface area contributed by atoms with E-state index in [1.54, 1.807) is 36.9 Å². The van der Waals surface area contributed by atoms with Gasteiger partial charge in [0.25, 0.3) is 5.91 Å².